The van der Waals surface area contributed by atoms with E-state index in [1.165, 1.54) is 89.9 Å². The molecule has 0 rings (SSSR count). The summed E-state index contributed by atoms with van der Waals surface area (Å²) < 4.78 is 32.8. The molecule has 0 aliphatic rings. The monoisotopic (exact) mass is 902 g/mol. The number of nitrogens with two attached hydrogens (primary N) is 1. The predicted octanol–water partition coefficient (Wildman–Crippen LogP) is 15.2. The van der Waals surface area contributed by atoms with Gasteiger partial charge in [0.25, 0.3) is 0 Å². The van der Waals surface area contributed by atoms with Crippen LogP contribution in [0.25, 0.3) is 0 Å². The van der Waals surface area contributed by atoms with Crippen molar-refractivity contribution in [3.8, 4) is 0 Å². The Balaban J connectivity index is 4.18. The van der Waals surface area contributed by atoms with Crippen LogP contribution in [0.5, 0.6) is 0 Å². The Morgan fingerprint density at radius 2 is 0.905 bits per heavy atom. The van der Waals surface area contributed by atoms with Crippen LogP contribution in [0.3, 0.4) is 0 Å². The molecule has 3 N–H and O–H groups in total. The summed E-state index contributed by atoms with van der Waals surface area (Å²) in [5.74, 6) is -0.919. The molecule has 0 radical (unpaired) electrons. The zero-order chi connectivity index (χ0) is 46.0. The van der Waals surface area contributed by atoms with Gasteiger partial charge in [-0.3, -0.25) is 18.6 Å². The van der Waals surface area contributed by atoms with Gasteiger partial charge in [-0.2, -0.15) is 0 Å². The van der Waals surface area contributed by atoms with Crippen molar-refractivity contribution in [1.29, 1.82) is 0 Å². The topological polar surface area (TPSA) is 134 Å². The number of rotatable bonds is 46. The van der Waals surface area contributed by atoms with E-state index in [1.54, 1.807) is 0 Å². The molecule has 0 aromatic rings. The van der Waals surface area contributed by atoms with E-state index in [0.717, 1.165) is 77.0 Å². The number of unbranched alkanes of at least 4 members (excludes halogenated alkanes) is 19. The average Bonchev–Trinajstić information content (AvgIpc) is 3.27. The van der Waals surface area contributed by atoms with Gasteiger partial charge in [-0.25, -0.2) is 4.57 Å². The molecule has 0 aliphatic heterocycles. The van der Waals surface area contributed by atoms with Gasteiger partial charge in [0.1, 0.15) is 6.61 Å². The van der Waals surface area contributed by atoms with Crippen LogP contribution in [-0.2, 0) is 32.7 Å². The summed E-state index contributed by atoms with van der Waals surface area (Å²) in [5, 5.41) is 0. The molecule has 0 amide bonds. The fraction of sp³-hybridized carbons (Fsp3) is 0.698. The molecule has 0 heterocycles. The van der Waals surface area contributed by atoms with Crippen LogP contribution in [0.15, 0.2) is 85.1 Å². The first-order valence-corrected chi connectivity index (χ1v) is 26.6. The molecule has 0 aliphatic carbocycles. The second-order valence-corrected chi connectivity index (χ2v) is 17.7. The van der Waals surface area contributed by atoms with Gasteiger partial charge in [0.05, 0.1) is 13.2 Å². The van der Waals surface area contributed by atoms with Crippen molar-refractivity contribution in [2.24, 2.45) is 5.73 Å². The van der Waals surface area contributed by atoms with Gasteiger partial charge in [-0.15, -0.1) is 0 Å². The summed E-state index contributed by atoms with van der Waals surface area (Å²) in [6.07, 6.45) is 62.1. The first-order chi connectivity index (χ1) is 30.8. The van der Waals surface area contributed by atoms with E-state index in [-0.39, 0.29) is 32.6 Å². The molecule has 9 nitrogen and oxygen atoms in total. The molecule has 10 heteroatoms. The van der Waals surface area contributed by atoms with Crippen molar-refractivity contribution in [2.75, 3.05) is 26.4 Å². The summed E-state index contributed by atoms with van der Waals surface area (Å²) in [5.41, 5.74) is 5.36. The van der Waals surface area contributed by atoms with Crippen molar-refractivity contribution in [1.82, 2.24) is 0 Å². The minimum absolute atomic E-state index is 0.0385. The Hall–Kier alpha value is -2.81. The summed E-state index contributed by atoms with van der Waals surface area (Å²) in [6, 6.07) is 0. The molecular weight excluding hydrogens is 810 g/mol. The van der Waals surface area contributed by atoms with Crippen molar-refractivity contribution in [3.63, 3.8) is 0 Å². The van der Waals surface area contributed by atoms with E-state index in [2.05, 4.69) is 98.9 Å². The van der Waals surface area contributed by atoms with E-state index < -0.39 is 32.5 Å². The van der Waals surface area contributed by atoms with Gasteiger partial charge in [0.15, 0.2) is 6.10 Å². The number of carbonyl (C=O) groups excluding carboxylic acids is 2. The van der Waals surface area contributed by atoms with Crippen LogP contribution in [-0.4, -0.2) is 49.3 Å². The van der Waals surface area contributed by atoms with Gasteiger partial charge in [0, 0.05) is 19.4 Å². The van der Waals surface area contributed by atoms with Crippen molar-refractivity contribution in [3.05, 3.63) is 85.1 Å². The lowest BCUT2D eigenvalue weighted by molar-refractivity contribution is -0.161. The molecule has 0 saturated carbocycles. The highest BCUT2D eigenvalue weighted by Crippen LogP contribution is 2.43. The van der Waals surface area contributed by atoms with Crippen LogP contribution in [0.4, 0.5) is 0 Å². The molecule has 2 atom stereocenters. The van der Waals surface area contributed by atoms with Crippen molar-refractivity contribution >= 4 is 19.8 Å². The number of allylic oxidation sites excluding steroid dienone is 14. The highest BCUT2D eigenvalue weighted by molar-refractivity contribution is 7.47. The molecular formula is C53H92NO8P. The number of phosphoric acid groups is 1. The highest BCUT2D eigenvalue weighted by Gasteiger charge is 2.26. The van der Waals surface area contributed by atoms with E-state index in [0.29, 0.717) is 12.8 Å². The first-order valence-electron chi connectivity index (χ1n) is 25.1. The third-order valence-electron chi connectivity index (χ3n) is 10.2. The van der Waals surface area contributed by atoms with Crippen LogP contribution < -0.4 is 5.73 Å². The molecule has 1 unspecified atom stereocenters. The number of esters is 2. The minimum atomic E-state index is -4.41. The Kier molecular flexibility index (Phi) is 46.5. The number of ether oxygens (including phenoxy) is 2. The Morgan fingerprint density at radius 3 is 1.41 bits per heavy atom. The molecule has 0 spiro atoms. The van der Waals surface area contributed by atoms with E-state index >= 15 is 0 Å². The third kappa shape index (κ3) is 48.5. The second kappa shape index (κ2) is 48.6. The largest absolute Gasteiger partial charge is 0.472 e. The number of carbonyl (C=O) groups is 2. The van der Waals surface area contributed by atoms with Gasteiger partial charge < -0.3 is 20.1 Å². The van der Waals surface area contributed by atoms with Crippen LogP contribution in [0.1, 0.15) is 206 Å². The molecule has 0 aromatic heterocycles. The average molecular weight is 902 g/mol. The highest BCUT2D eigenvalue weighted by atomic mass is 31.2. The SMILES string of the molecule is CC/C=C/C/C=C/C/C=C/C/C=C/C/C=C/CCCCCC(=O)O[C@H](COC(=O)CCC/C=C/CC/C=C/CCCCCCCCCCCCCCCC)COP(=O)(O)OCCN. The number of hydrogen-bond acceptors (Lipinski definition) is 8. The maximum atomic E-state index is 12.6. The standard InChI is InChI=1S/C53H92NO8P/c1-3-5-7-9-11-13-15-17-19-21-23-24-25-26-28-29-31-33-35-37-39-41-43-45-52(55)59-49-51(50-61-63(57,58)60-48-47-54)62-53(56)46-44-42-40-38-36-34-32-30-27-22-20-18-16-14-12-10-8-6-4-2/h6,8,12,14,18,20,27,29-31,34,36-37,39,51H,3-5,7,9-11,13,15-17,19,21-26,28,32-33,35,38,40-50,54H2,1-2H3,(H,57,58)/b8-6+,14-12+,20-18+,30-27+,31-29+,36-34+,39-37+/t51-/m1/s1. The lowest BCUT2D eigenvalue weighted by Crippen LogP contribution is -2.29. The molecule has 0 fully saturated rings. The van der Waals surface area contributed by atoms with Gasteiger partial charge in [-0.05, 0) is 89.9 Å². The first kappa shape index (κ1) is 60.2. The van der Waals surface area contributed by atoms with Crippen LogP contribution >= 0.6 is 7.82 Å². The van der Waals surface area contributed by atoms with Crippen molar-refractivity contribution in [2.45, 2.75) is 213 Å². The summed E-state index contributed by atoms with van der Waals surface area (Å²) in [6.45, 7) is 3.54. The zero-order valence-electron chi connectivity index (χ0n) is 40.0. The smallest absolute Gasteiger partial charge is 0.462 e. The lowest BCUT2D eigenvalue weighted by Gasteiger charge is -2.19. The number of phosphoric ester groups is 1. The number of hydrogen-bond donors (Lipinski definition) is 2. The van der Waals surface area contributed by atoms with Gasteiger partial charge >= 0.3 is 19.8 Å². The molecule has 0 saturated heterocycles. The fourth-order valence-electron chi connectivity index (χ4n) is 6.56. The van der Waals surface area contributed by atoms with Crippen molar-refractivity contribution < 1.29 is 37.6 Å². The Labute approximate surface area is 385 Å². The van der Waals surface area contributed by atoms with Crippen LogP contribution in [0, 0.1) is 0 Å². The quantitative estimate of drug-likeness (QED) is 0.0265. The minimum Gasteiger partial charge on any atom is -0.462 e. The van der Waals surface area contributed by atoms with E-state index in [9.17, 15) is 19.0 Å². The maximum absolute atomic E-state index is 12.6. The zero-order valence-corrected chi connectivity index (χ0v) is 40.9. The summed E-state index contributed by atoms with van der Waals surface area (Å²) in [7, 11) is -4.41. The normalized spacial score (nSPS) is 13.9. The summed E-state index contributed by atoms with van der Waals surface area (Å²) in [4.78, 5) is 35.0. The predicted molar refractivity (Wildman–Crippen MR) is 265 cm³/mol. The molecule has 63 heavy (non-hydrogen) atoms. The van der Waals surface area contributed by atoms with E-state index in [4.69, 9.17) is 24.3 Å². The second-order valence-electron chi connectivity index (χ2n) is 16.3. The Bertz CT molecular complexity index is 1300. The fourth-order valence-corrected chi connectivity index (χ4v) is 7.33. The lowest BCUT2D eigenvalue weighted by atomic mass is 10.0. The molecule has 362 valence electrons. The third-order valence-corrected chi connectivity index (χ3v) is 11.2. The molecule has 0 aromatic carbocycles. The molecule has 0 bridgehead atoms. The van der Waals surface area contributed by atoms with Crippen LogP contribution in [0.2, 0.25) is 0 Å². The van der Waals surface area contributed by atoms with Gasteiger partial charge in [-0.1, -0.05) is 189 Å². The summed E-state index contributed by atoms with van der Waals surface area (Å²) >= 11 is 0. The maximum Gasteiger partial charge on any atom is 0.472 e. The Morgan fingerprint density at radius 1 is 0.492 bits per heavy atom. The van der Waals surface area contributed by atoms with Gasteiger partial charge in [0.2, 0.25) is 0 Å². The van der Waals surface area contributed by atoms with E-state index in [1.807, 2.05) is 0 Å².